The Bertz CT molecular complexity index is 895. The van der Waals surface area contributed by atoms with Crippen LogP contribution in [-0.2, 0) is 19.0 Å². The fourth-order valence-electron chi connectivity index (χ4n) is 2.96. The van der Waals surface area contributed by atoms with Crippen LogP contribution in [0.5, 0.6) is 0 Å². The molecule has 0 spiro atoms. The third kappa shape index (κ3) is 6.50. The van der Waals surface area contributed by atoms with E-state index in [9.17, 15) is 27.5 Å². The summed E-state index contributed by atoms with van der Waals surface area (Å²) in [5, 5.41) is 13.3. The van der Waals surface area contributed by atoms with Gasteiger partial charge in [-0.1, -0.05) is 0 Å². The lowest BCUT2D eigenvalue weighted by Crippen LogP contribution is -2.42. The van der Waals surface area contributed by atoms with Crippen LogP contribution in [0.1, 0.15) is 48.0 Å². The Morgan fingerprint density at radius 1 is 1.20 bits per heavy atom. The highest BCUT2D eigenvalue weighted by Gasteiger charge is 2.34. The van der Waals surface area contributed by atoms with Gasteiger partial charge in [-0.15, -0.1) is 0 Å². The molecule has 2 rings (SSSR count). The van der Waals surface area contributed by atoms with Gasteiger partial charge >= 0.3 is 6.18 Å². The van der Waals surface area contributed by atoms with E-state index >= 15 is 0 Å². The minimum atomic E-state index is -4.67. The summed E-state index contributed by atoms with van der Waals surface area (Å²) in [5.41, 5.74) is 4.57. The fourth-order valence-corrected chi connectivity index (χ4v) is 2.96. The molecule has 1 aromatic carbocycles. The Kier molecular flexibility index (Phi) is 7.20. The van der Waals surface area contributed by atoms with Gasteiger partial charge in [0.15, 0.2) is 0 Å². The van der Waals surface area contributed by atoms with Crippen LogP contribution in [0.3, 0.4) is 0 Å². The maximum Gasteiger partial charge on any atom is 0.416 e. The fraction of sp³-hybridized carbons (Fsp3) is 0.429. The summed E-state index contributed by atoms with van der Waals surface area (Å²) in [6, 6.07) is 4.11. The van der Waals surface area contributed by atoms with E-state index in [1.807, 2.05) is 20.8 Å². The van der Waals surface area contributed by atoms with E-state index < -0.39 is 47.6 Å². The maximum atomic E-state index is 13.5. The standard InChI is InChI=1S/C21H25F4N3O2/c1-20(2,3)28-19(30)14-5-4-8-27-17(14)11-18(29)16(26)10-12-9-13(22)6-7-15(12)21(23,24)25/h4-9,16,18,29H,10-11,26H2,1-3H3,(H,28,30)/t16-,18+/m1/s1. The largest absolute Gasteiger partial charge is 0.416 e. The zero-order valence-electron chi connectivity index (χ0n) is 16.9. The molecule has 1 amide bonds. The molecule has 0 saturated carbocycles. The molecule has 1 aromatic heterocycles. The molecule has 164 valence electrons. The molecule has 0 radical (unpaired) electrons. The number of amides is 1. The van der Waals surface area contributed by atoms with Crippen LogP contribution in [-0.4, -0.2) is 33.7 Å². The Balaban J connectivity index is 2.19. The van der Waals surface area contributed by atoms with Crippen molar-refractivity contribution in [1.29, 1.82) is 0 Å². The monoisotopic (exact) mass is 427 g/mol. The Morgan fingerprint density at radius 3 is 2.47 bits per heavy atom. The quantitative estimate of drug-likeness (QED) is 0.618. The number of aromatic nitrogens is 1. The van der Waals surface area contributed by atoms with Crippen molar-refractivity contribution in [3.05, 3.63) is 64.7 Å². The molecule has 4 N–H and O–H groups in total. The summed E-state index contributed by atoms with van der Waals surface area (Å²) in [6.45, 7) is 5.43. The van der Waals surface area contributed by atoms with Gasteiger partial charge in [0, 0.05) is 24.2 Å². The maximum absolute atomic E-state index is 13.5. The summed E-state index contributed by atoms with van der Waals surface area (Å²) in [4.78, 5) is 16.6. The summed E-state index contributed by atoms with van der Waals surface area (Å²) >= 11 is 0. The van der Waals surface area contributed by atoms with Gasteiger partial charge in [-0.2, -0.15) is 13.2 Å². The van der Waals surface area contributed by atoms with Crippen LogP contribution in [0.25, 0.3) is 0 Å². The summed E-state index contributed by atoms with van der Waals surface area (Å²) < 4.78 is 53.0. The van der Waals surface area contributed by atoms with Crippen molar-refractivity contribution in [3.8, 4) is 0 Å². The highest BCUT2D eigenvalue weighted by molar-refractivity contribution is 5.95. The summed E-state index contributed by atoms with van der Waals surface area (Å²) in [7, 11) is 0. The average Bonchev–Trinajstić information content (AvgIpc) is 2.59. The first-order valence-electron chi connectivity index (χ1n) is 9.33. The van der Waals surface area contributed by atoms with Crippen molar-refractivity contribution in [2.24, 2.45) is 5.73 Å². The lowest BCUT2D eigenvalue weighted by molar-refractivity contribution is -0.138. The second kappa shape index (κ2) is 9.09. The highest BCUT2D eigenvalue weighted by Crippen LogP contribution is 2.33. The SMILES string of the molecule is CC(C)(C)NC(=O)c1cccnc1C[C@H](O)[C@H](N)Cc1cc(F)ccc1C(F)(F)F. The molecule has 0 bridgehead atoms. The van der Waals surface area contributed by atoms with Crippen molar-refractivity contribution >= 4 is 5.91 Å². The summed E-state index contributed by atoms with van der Waals surface area (Å²) in [6.07, 6.45) is -5.08. The van der Waals surface area contributed by atoms with Crippen LogP contribution in [0.2, 0.25) is 0 Å². The Morgan fingerprint density at radius 2 is 1.87 bits per heavy atom. The van der Waals surface area contributed by atoms with E-state index in [1.54, 1.807) is 6.07 Å². The molecule has 2 aromatic rings. The molecule has 2 atom stereocenters. The number of alkyl halides is 3. The van der Waals surface area contributed by atoms with Gasteiger partial charge in [0.25, 0.3) is 5.91 Å². The minimum Gasteiger partial charge on any atom is -0.391 e. The lowest BCUT2D eigenvalue weighted by atomic mass is 9.94. The number of hydrogen-bond acceptors (Lipinski definition) is 4. The molecule has 30 heavy (non-hydrogen) atoms. The third-order valence-corrected chi connectivity index (χ3v) is 4.35. The van der Waals surface area contributed by atoms with Gasteiger partial charge in [-0.05, 0) is 63.1 Å². The van der Waals surface area contributed by atoms with E-state index in [1.165, 1.54) is 12.3 Å². The minimum absolute atomic E-state index is 0.147. The zero-order valence-corrected chi connectivity index (χ0v) is 16.9. The van der Waals surface area contributed by atoms with Crippen LogP contribution >= 0.6 is 0 Å². The van der Waals surface area contributed by atoms with Crippen molar-refractivity contribution in [1.82, 2.24) is 10.3 Å². The van der Waals surface area contributed by atoms with Crippen molar-refractivity contribution < 1.29 is 27.5 Å². The van der Waals surface area contributed by atoms with Crippen molar-refractivity contribution in [3.63, 3.8) is 0 Å². The molecule has 5 nitrogen and oxygen atoms in total. The van der Waals surface area contributed by atoms with Crippen LogP contribution in [0, 0.1) is 5.82 Å². The highest BCUT2D eigenvalue weighted by atomic mass is 19.4. The molecular formula is C21H25F4N3O2. The van der Waals surface area contributed by atoms with E-state index in [2.05, 4.69) is 10.3 Å². The van der Waals surface area contributed by atoms with Gasteiger partial charge < -0.3 is 16.2 Å². The number of rotatable bonds is 6. The van der Waals surface area contributed by atoms with Crippen molar-refractivity contribution in [2.75, 3.05) is 0 Å². The number of hydrogen-bond donors (Lipinski definition) is 3. The van der Waals surface area contributed by atoms with E-state index in [0.29, 0.717) is 6.07 Å². The number of pyridine rings is 1. The topological polar surface area (TPSA) is 88.2 Å². The van der Waals surface area contributed by atoms with Gasteiger partial charge in [0.05, 0.1) is 22.9 Å². The number of carbonyl (C=O) groups is 1. The van der Waals surface area contributed by atoms with E-state index in [0.717, 1.165) is 12.1 Å². The van der Waals surface area contributed by atoms with Gasteiger partial charge in [-0.25, -0.2) is 4.39 Å². The number of nitrogens with two attached hydrogens (primary N) is 1. The number of nitrogens with one attached hydrogen (secondary N) is 1. The Hall–Kier alpha value is -2.52. The molecular weight excluding hydrogens is 402 g/mol. The van der Waals surface area contributed by atoms with Crippen LogP contribution in [0.15, 0.2) is 36.5 Å². The smallest absolute Gasteiger partial charge is 0.391 e. The van der Waals surface area contributed by atoms with Crippen LogP contribution < -0.4 is 11.1 Å². The predicted octanol–water partition coefficient (Wildman–Crippen LogP) is 3.24. The first-order chi connectivity index (χ1) is 13.8. The number of carbonyl (C=O) groups excluding carboxylic acids is 1. The molecule has 0 saturated heterocycles. The average molecular weight is 427 g/mol. The number of aliphatic hydroxyl groups excluding tert-OH is 1. The predicted molar refractivity (Wildman–Crippen MR) is 104 cm³/mol. The van der Waals surface area contributed by atoms with Crippen LogP contribution in [0.4, 0.5) is 17.6 Å². The first-order valence-corrected chi connectivity index (χ1v) is 9.33. The van der Waals surface area contributed by atoms with Gasteiger partial charge in [-0.3, -0.25) is 9.78 Å². The number of halogens is 4. The number of aliphatic hydroxyl groups is 1. The van der Waals surface area contributed by atoms with Gasteiger partial charge in [0.1, 0.15) is 5.82 Å². The molecule has 1 heterocycles. The molecule has 0 aliphatic carbocycles. The first kappa shape index (κ1) is 23.8. The van der Waals surface area contributed by atoms with E-state index in [4.69, 9.17) is 5.73 Å². The molecule has 0 aliphatic rings. The lowest BCUT2D eigenvalue weighted by Gasteiger charge is -2.23. The van der Waals surface area contributed by atoms with E-state index in [-0.39, 0.29) is 23.2 Å². The second-order valence-corrected chi connectivity index (χ2v) is 8.14. The molecule has 0 aliphatic heterocycles. The Labute approximate surface area is 172 Å². The third-order valence-electron chi connectivity index (χ3n) is 4.35. The zero-order chi connectivity index (χ0) is 22.7. The molecule has 0 fully saturated rings. The molecule has 9 heteroatoms. The summed E-state index contributed by atoms with van der Waals surface area (Å²) in [5.74, 6) is -1.22. The van der Waals surface area contributed by atoms with Gasteiger partial charge in [0.2, 0.25) is 0 Å². The second-order valence-electron chi connectivity index (χ2n) is 8.14. The van der Waals surface area contributed by atoms with Crippen molar-refractivity contribution in [2.45, 2.75) is 57.5 Å². The number of benzene rings is 1. The number of nitrogens with zero attached hydrogens (tertiary/aromatic N) is 1. The normalized spacial score (nSPS) is 14.3. The molecule has 0 unspecified atom stereocenters.